The molecule has 0 aromatic carbocycles. The molecule has 100 valence electrons. The summed E-state index contributed by atoms with van der Waals surface area (Å²) in [6.45, 7) is 4.00. The summed E-state index contributed by atoms with van der Waals surface area (Å²) in [5.41, 5.74) is 0. The molecule has 3 nitrogen and oxygen atoms in total. The number of rotatable bonds is 5. The zero-order chi connectivity index (χ0) is 12.8. The van der Waals surface area contributed by atoms with Crippen molar-refractivity contribution in [1.82, 2.24) is 5.32 Å². The van der Waals surface area contributed by atoms with Gasteiger partial charge in [0.05, 0.1) is 13.0 Å². The molecule has 1 aliphatic carbocycles. The van der Waals surface area contributed by atoms with Crippen molar-refractivity contribution in [3.05, 3.63) is 0 Å². The zero-order valence-corrected chi connectivity index (χ0v) is 12.2. The average Bonchev–Trinajstić information content (AvgIpc) is 2.37. The minimum absolute atomic E-state index is 0.0744. The Bertz CT molecular complexity index is 248. The van der Waals surface area contributed by atoms with E-state index in [1.165, 1.54) is 32.8 Å². The molecule has 1 saturated carbocycles. The van der Waals surface area contributed by atoms with Crippen LogP contribution in [0.2, 0.25) is 0 Å². The second-order valence-electron chi connectivity index (χ2n) is 4.99. The SMILES string of the molecule is COC(=O)C(C)C(C)NC1CCCC(SC)C1. The van der Waals surface area contributed by atoms with Gasteiger partial charge in [-0.1, -0.05) is 13.3 Å². The van der Waals surface area contributed by atoms with Gasteiger partial charge in [0.2, 0.25) is 0 Å². The molecule has 0 spiro atoms. The number of nitrogens with one attached hydrogen (secondary N) is 1. The normalized spacial score (nSPS) is 28.5. The van der Waals surface area contributed by atoms with Crippen molar-refractivity contribution in [3.63, 3.8) is 0 Å². The lowest BCUT2D eigenvalue weighted by molar-refractivity contribution is -0.145. The van der Waals surface area contributed by atoms with Crippen LogP contribution in [0.5, 0.6) is 0 Å². The third-order valence-corrected chi connectivity index (χ3v) is 4.88. The number of esters is 1. The van der Waals surface area contributed by atoms with Gasteiger partial charge in [0.15, 0.2) is 0 Å². The Morgan fingerprint density at radius 1 is 1.41 bits per heavy atom. The van der Waals surface area contributed by atoms with Crippen molar-refractivity contribution in [2.45, 2.75) is 56.9 Å². The fourth-order valence-corrected chi connectivity index (χ4v) is 3.24. The van der Waals surface area contributed by atoms with Gasteiger partial charge in [-0.05, 0) is 32.4 Å². The Kier molecular flexibility index (Phi) is 6.34. The van der Waals surface area contributed by atoms with Crippen LogP contribution in [-0.4, -0.2) is 36.7 Å². The van der Waals surface area contributed by atoms with Crippen LogP contribution in [-0.2, 0) is 9.53 Å². The Balaban J connectivity index is 2.39. The highest BCUT2D eigenvalue weighted by molar-refractivity contribution is 7.99. The molecule has 1 aliphatic rings. The van der Waals surface area contributed by atoms with Crippen LogP contribution in [0, 0.1) is 5.92 Å². The van der Waals surface area contributed by atoms with Crippen molar-refractivity contribution in [3.8, 4) is 0 Å². The molecular formula is C13H25NO2S. The summed E-state index contributed by atoms with van der Waals surface area (Å²) in [5.74, 6) is -0.197. The maximum atomic E-state index is 11.4. The molecule has 0 aromatic rings. The summed E-state index contributed by atoms with van der Waals surface area (Å²) in [6, 6.07) is 0.747. The smallest absolute Gasteiger partial charge is 0.309 e. The second-order valence-corrected chi connectivity index (χ2v) is 6.13. The standard InChI is InChI=1S/C13H25NO2S/c1-9(13(15)16-3)10(2)14-11-6-5-7-12(8-11)17-4/h9-12,14H,5-8H2,1-4H3. The molecule has 0 saturated heterocycles. The quantitative estimate of drug-likeness (QED) is 0.770. The van der Waals surface area contributed by atoms with Gasteiger partial charge in [-0.15, -0.1) is 0 Å². The maximum absolute atomic E-state index is 11.4. The van der Waals surface area contributed by atoms with Gasteiger partial charge in [-0.25, -0.2) is 0 Å². The van der Waals surface area contributed by atoms with Gasteiger partial charge in [0, 0.05) is 17.3 Å². The number of thioether (sulfide) groups is 1. The Morgan fingerprint density at radius 3 is 2.71 bits per heavy atom. The molecule has 17 heavy (non-hydrogen) atoms. The van der Waals surface area contributed by atoms with E-state index in [9.17, 15) is 4.79 Å². The molecule has 1 rings (SSSR count). The van der Waals surface area contributed by atoms with E-state index in [1.54, 1.807) is 0 Å². The van der Waals surface area contributed by atoms with Crippen LogP contribution >= 0.6 is 11.8 Å². The predicted molar refractivity (Wildman–Crippen MR) is 73.3 cm³/mol. The number of carbonyl (C=O) groups excluding carboxylic acids is 1. The Hall–Kier alpha value is -0.220. The number of hydrogen-bond acceptors (Lipinski definition) is 4. The van der Waals surface area contributed by atoms with Crippen molar-refractivity contribution in [2.75, 3.05) is 13.4 Å². The fraction of sp³-hybridized carbons (Fsp3) is 0.923. The molecule has 0 aromatic heterocycles. The van der Waals surface area contributed by atoms with E-state index in [-0.39, 0.29) is 17.9 Å². The molecule has 1 N–H and O–H groups in total. The topological polar surface area (TPSA) is 38.3 Å². The largest absolute Gasteiger partial charge is 0.469 e. The molecule has 0 bridgehead atoms. The van der Waals surface area contributed by atoms with E-state index in [4.69, 9.17) is 4.74 Å². The third-order valence-electron chi connectivity index (χ3n) is 3.78. The van der Waals surface area contributed by atoms with E-state index < -0.39 is 0 Å². The van der Waals surface area contributed by atoms with Gasteiger partial charge in [-0.2, -0.15) is 11.8 Å². The molecule has 0 aliphatic heterocycles. The first-order valence-corrected chi connectivity index (χ1v) is 7.74. The first-order valence-electron chi connectivity index (χ1n) is 6.45. The van der Waals surface area contributed by atoms with Crippen LogP contribution in [0.1, 0.15) is 39.5 Å². The summed E-state index contributed by atoms with van der Waals surface area (Å²) < 4.78 is 4.78. The lowest BCUT2D eigenvalue weighted by Gasteiger charge is -2.32. The number of ether oxygens (including phenoxy) is 1. The molecule has 4 atom stereocenters. The summed E-state index contributed by atoms with van der Waals surface area (Å²) in [7, 11) is 1.45. The first-order chi connectivity index (χ1) is 8.08. The van der Waals surface area contributed by atoms with Gasteiger partial charge in [0.25, 0.3) is 0 Å². The van der Waals surface area contributed by atoms with Gasteiger partial charge in [0.1, 0.15) is 0 Å². The molecule has 1 fully saturated rings. The van der Waals surface area contributed by atoms with Crippen LogP contribution in [0.15, 0.2) is 0 Å². The Labute approximate surface area is 109 Å². The van der Waals surface area contributed by atoms with Crippen LogP contribution in [0.3, 0.4) is 0 Å². The molecular weight excluding hydrogens is 234 g/mol. The predicted octanol–water partition coefficient (Wildman–Crippen LogP) is 2.45. The van der Waals surface area contributed by atoms with Crippen molar-refractivity contribution < 1.29 is 9.53 Å². The van der Waals surface area contributed by atoms with Crippen molar-refractivity contribution in [2.24, 2.45) is 5.92 Å². The summed E-state index contributed by atoms with van der Waals surface area (Å²) in [5, 5.41) is 4.36. The van der Waals surface area contributed by atoms with E-state index in [2.05, 4.69) is 18.5 Å². The third kappa shape index (κ3) is 4.51. The molecule has 4 unspecified atom stereocenters. The summed E-state index contributed by atoms with van der Waals surface area (Å²) >= 11 is 1.96. The van der Waals surface area contributed by atoms with Crippen LogP contribution in [0.4, 0.5) is 0 Å². The lowest BCUT2D eigenvalue weighted by Crippen LogP contribution is -2.45. The monoisotopic (exact) mass is 259 g/mol. The zero-order valence-electron chi connectivity index (χ0n) is 11.4. The van der Waals surface area contributed by atoms with Crippen molar-refractivity contribution >= 4 is 17.7 Å². The number of methoxy groups -OCH3 is 1. The van der Waals surface area contributed by atoms with Crippen LogP contribution < -0.4 is 5.32 Å². The molecule has 0 radical (unpaired) electrons. The fourth-order valence-electron chi connectivity index (χ4n) is 2.42. The average molecular weight is 259 g/mol. The molecule has 0 amide bonds. The summed E-state index contributed by atoms with van der Waals surface area (Å²) in [4.78, 5) is 11.4. The minimum atomic E-state index is -0.123. The van der Waals surface area contributed by atoms with E-state index >= 15 is 0 Å². The van der Waals surface area contributed by atoms with Gasteiger partial charge < -0.3 is 10.1 Å². The Morgan fingerprint density at radius 2 is 2.12 bits per heavy atom. The van der Waals surface area contributed by atoms with E-state index in [0.29, 0.717) is 6.04 Å². The van der Waals surface area contributed by atoms with Crippen molar-refractivity contribution in [1.29, 1.82) is 0 Å². The van der Waals surface area contributed by atoms with Gasteiger partial charge >= 0.3 is 5.97 Å². The second kappa shape index (κ2) is 7.27. The minimum Gasteiger partial charge on any atom is -0.469 e. The van der Waals surface area contributed by atoms with E-state index in [0.717, 1.165) is 5.25 Å². The van der Waals surface area contributed by atoms with E-state index in [1.807, 2.05) is 18.7 Å². The highest BCUT2D eigenvalue weighted by Gasteiger charge is 2.26. The summed E-state index contributed by atoms with van der Waals surface area (Å²) in [6.07, 6.45) is 7.27. The van der Waals surface area contributed by atoms with Gasteiger partial charge in [-0.3, -0.25) is 4.79 Å². The first kappa shape index (κ1) is 14.8. The molecule has 4 heteroatoms. The van der Waals surface area contributed by atoms with Crippen LogP contribution in [0.25, 0.3) is 0 Å². The molecule has 0 heterocycles. The maximum Gasteiger partial charge on any atom is 0.309 e. The highest BCUT2D eigenvalue weighted by Crippen LogP contribution is 2.27. The lowest BCUT2D eigenvalue weighted by atomic mass is 9.93. The highest BCUT2D eigenvalue weighted by atomic mass is 32.2. The number of hydrogen-bond donors (Lipinski definition) is 1. The number of carbonyl (C=O) groups is 1.